The second kappa shape index (κ2) is 21.7. The molecule has 3 unspecified atom stereocenters. The SMILES string of the molecule is CCOc1ccccc1CN(Cc1ccccc1OCC)C(=O)[C@@H](NCC1CC(SC(c2ccccc2)(c2ccccc2)c2ccccc2)CN1C(=O)OC(C)(C)C)C(C)CC. The lowest BCUT2D eigenvalue weighted by atomic mass is 9.84. The van der Waals surface area contributed by atoms with Crippen LogP contribution in [0.4, 0.5) is 4.79 Å². The molecule has 5 aromatic rings. The maximum atomic E-state index is 15.2. The Morgan fingerprint density at radius 1 is 0.710 bits per heavy atom. The Kier molecular flexibility index (Phi) is 16.2. The number of ether oxygens (including phenoxy) is 3. The Balaban J connectivity index is 1.34. The highest BCUT2D eigenvalue weighted by Crippen LogP contribution is 2.52. The van der Waals surface area contributed by atoms with Crippen molar-refractivity contribution in [3.63, 3.8) is 0 Å². The van der Waals surface area contributed by atoms with E-state index in [2.05, 4.69) is 110 Å². The lowest BCUT2D eigenvalue weighted by Gasteiger charge is -2.37. The van der Waals surface area contributed by atoms with E-state index in [1.165, 1.54) is 16.7 Å². The predicted octanol–water partition coefficient (Wildman–Crippen LogP) is 11.1. The quantitative estimate of drug-likeness (QED) is 0.0829. The first-order valence-electron chi connectivity index (χ1n) is 22.2. The average Bonchev–Trinajstić information content (AvgIpc) is 3.69. The fraction of sp³-hybridized carbons (Fsp3) is 0.396. The summed E-state index contributed by atoms with van der Waals surface area (Å²) in [5.74, 6) is 1.51. The molecule has 328 valence electrons. The van der Waals surface area contributed by atoms with Gasteiger partial charge in [0.25, 0.3) is 0 Å². The Bertz CT molecular complexity index is 2010. The first-order chi connectivity index (χ1) is 30.0. The number of benzene rings is 5. The molecule has 1 N–H and O–H groups in total. The molecule has 9 heteroatoms. The molecule has 0 bridgehead atoms. The van der Waals surface area contributed by atoms with Crippen LogP contribution in [0, 0.1) is 5.92 Å². The zero-order valence-electron chi connectivity index (χ0n) is 37.6. The van der Waals surface area contributed by atoms with Crippen LogP contribution in [0.2, 0.25) is 0 Å². The van der Waals surface area contributed by atoms with Crippen molar-refractivity contribution in [3.05, 3.63) is 167 Å². The van der Waals surface area contributed by atoms with Crippen molar-refractivity contribution in [2.45, 2.75) is 102 Å². The van der Waals surface area contributed by atoms with Crippen molar-refractivity contribution >= 4 is 23.8 Å². The summed E-state index contributed by atoms with van der Waals surface area (Å²) in [6.07, 6.45) is 1.15. The van der Waals surface area contributed by atoms with Crippen LogP contribution in [0.25, 0.3) is 0 Å². The average molecular weight is 856 g/mol. The molecule has 1 fully saturated rings. The lowest BCUT2D eigenvalue weighted by molar-refractivity contribution is -0.136. The molecule has 8 nitrogen and oxygen atoms in total. The van der Waals surface area contributed by atoms with E-state index in [4.69, 9.17) is 14.2 Å². The standard InChI is InChI=1S/C53H65N3O5S/c1-8-39(4)49(50(57)55(36-40-24-20-22-32-47(40)59-9-2)37-41-25-21-23-33-48(41)60-10-3)54-35-45-34-46(38-56(45)51(58)61-52(5,6)7)62-53(42-26-14-11-15-27-42,43-28-16-12-17-29-43)44-30-18-13-19-31-44/h11-33,39,45-46,49,54H,8-10,34-38H2,1-7H3/t39?,45?,46?,49-/m0/s1. The molecule has 0 aliphatic carbocycles. The van der Waals surface area contributed by atoms with Gasteiger partial charge in [0, 0.05) is 48.6 Å². The number of likely N-dealkylation sites (tertiary alicyclic amines) is 1. The summed E-state index contributed by atoms with van der Waals surface area (Å²) in [6.45, 7) is 16.6. The van der Waals surface area contributed by atoms with Crippen molar-refractivity contribution in [2.24, 2.45) is 5.92 Å². The number of nitrogens with one attached hydrogen (secondary N) is 1. The maximum Gasteiger partial charge on any atom is 0.410 e. The topological polar surface area (TPSA) is 80.3 Å². The van der Waals surface area contributed by atoms with Gasteiger partial charge in [-0.2, -0.15) is 0 Å². The second-order valence-electron chi connectivity index (χ2n) is 17.1. The van der Waals surface area contributed by atoms with Gasteiger partial charge >= 0.3 is 6.09 Å². The summed E-state index contributed by atoms with van der Waals surface area (Å²) < 4.78 is 17.6. The largest absolute Gasteiger partial charge is 0.494 e. The number of rotatable bonds is 19. The highest BCUT2D eigenvalue weighted by molar-refractivity contribution is 8.01. The third kappa shape index (κ3) is 11.4. The van der Waals surface area contributed by atoms with E-state index in [0.717, 1.165) is 29.0 Å². The number of hydrogen-bond donors (Lipinski definition) is 1. The van der Waals surface area contributed by atoms with Crippen LogP contribution < -0.4 is 14.8 Å². The molecule has 1 aliphatic heterocycles. The molecule has 6 rings (SSSR count). The molecule has 0 radical (unpaired) electrons. The molecular weight excluding hydrogens is 791 g/mol. The van der Waals surface area contributed by atoms with Crippen molar-refractivity contribution in [1.82, 2.24) is 15.1 Å². The Morgan fingerprint density at radius 3 is 1.60 bits per heavy atom. The van der Waals surface area contributed by atoms with Crippen molar-refractivity contribution in [1.29, 1.82) is 0 Å². The number of amides is 2. The minimum absolute atomic E-state index is 0.00212. The van der Waals surface area contributed by atoms with Crippen LogP contribution in [0.3, 0.4) is 0 Å². The minimum atomic E-state index is -0.673. The van der Waals surface area contributed by atoms with E-state index in [-0.39, 0.29) is 29.2 Å². The number of hydrogen-bond acceptors (Lipinski definition) is 7. The van der Waals surface area contributed by atoms with E-state index in [1.54, 1.807) is 0 Å². The molecule has 0 saturated carbocycles. The fourth-order valence-corrected chi connectivity index (χ4v) is 10.3. The molecule has 1 saturated heterocycles. The van der Waals surface area contributed by atoms with E-state index in [0.29, 0.717) is 45.8 Å². The molecule has 1 heterocycles. The monoisotopic (exact) mass is 855 g/mol. The highest BCUT2D eigenvalue weighted by atomic mass is 32.2. The summed E-state index contributed by atoms with van der Waals surface area (Å²) in [5, 5.41) is 3.79. The Morgan fingerprint density at radius 2 is 1.16 bits per heavy atom. The van der Waals surface area contributed by atoms with Gasteiger partial charge in [0.1, 0.15) is 17.1 Å². The van der Waals surface area contributed by atoms with E-state index in [1.807, 2.05) is 105 Å². The number of carbonyl (C=O) groups excluding carboxylic acids is 2. The minimum Gasteiger partial charge on any atom is -0.494 e. The van der Waals surface area contributed by atoms with Gasteiger partial charge in [-0.05, 0) is 75.8 Å². The van der Waals surface area contributed by atoms with Crippen LogP contribution in [-0.2, 0) is 27.4 Å². The fourth-order valence-electron chi connectivity index (χ4n) is 8.38. The molecule has 0 aromatic heterocycles. The molecule has 0 spiro atoms. The summed E-state index contributed by atoms with van der Waals surface area (Å²) >= 11 is 1.90. The van der Waals surface area contributed by atoms with Gasteiger partial charge in [0.15, 0.2) is 0 Å². The van der Waals surface area contributed by atoms with Crippen LogP contribution >= 0.6 is 11.8 Å². The van der Waals surface area contributed by atoms with Gasteiger partial charge < -0.3 is 29.3 Å². The predicted molar refractivity (Wildman–Crippen MR) is 253 cm³/mol. The van der Waals surface area contributed by atoms with Crippen molar-refractivity contribution < 1.29 is 23.8 Å². The third-order valence-corrected chi connectivity index (χ3v) is 13.3. The number of nitrogens with zero attached hydrogens (tertiary/aromatic N) is 2. The van der Waals surface area contributed by atoms with Crippen molar-refractivity contribution in [3.8, 4) is 11.5 Å². The molecule has 1 aliphatic rings. The van der Waals surface area contributed by atoms with Crippen LogP contribution in [-0.4, -0.2) is 71.0 Å². The van der Waals surface area contributed by atoms with Gasteiger partial charge in [-0.15, -0.1) is 11.8 Å². The maximum absolute atomic E-state index is 15.2. The van der Waals surface area contributed by atoms with Crippen molar-refractivity contribution in [2.75, 3.05) is 26.3 Å². The van der Waals surface area contributed by atoms with Crippen LogP contribution in [0.1, 0.15) is 89.1 Å². The number of para-hydroxylation sites is 2. The van der Waals surface area contributed by atoms with Gasteiger partial charge in [0.05, 0.1) is 24.0 Å². The molecule has 5 aromatic carbocycles. The second-order valence-corrected chi connectivity index (χ2v) is 18.6. The molecule has 62 heavy (non-hydrogen) atoms. The van der Waals surface area contributed by atoms with Crippen LogP contribution in [0.5, 0.6) is 11.5 Å². The number of thioether (sulfide) groups is 1. The zero-order chi connectivity index (χ0) is 44.1. The van der Waals surface area contributed by atoms with Gasteiger partial charge in [-0.25, -0.2) is 4.79 Å². The first kappa shape index (κ1) is 46.3. The third-order valence-electron chi connectivity index (χ3n) is 11.5. The highest BCUT2D eigenvalue weighted by Gasteiger charge is 2.45. The lowest BCUT2D eigenvalue weighted by Crippen LogP contribution is -2.53. The van der Waals surface area contributed by atoms with E-state index < -0.39 is 16.4 Å². The van der Waals surface area contributed by atoms with Gasteiger partial charge in [0.2, 0.25) is 5.91 Å². The smallest absolute Gasteiger partial charge is 0.410 e. The summed E-state index contributed by atoms with van der Waals surface area (Å²) in [4.78, 5) is 33.2. The number of carbonyl (C=O) groups is 2. The van der Waals surface area contributed by atoms with E-state index in [9.17, 15) is 4.79 Å². The van der Waals surface area contributed by atoms with Gasteiger partial charge in [-0.3, -0.25) is 4.79 Å². The first-order valence-corrected chi connectivity index (χ1v) is 23.1. The van der Waals surface area contributed by atoms with E-state index >= 15 is 4.79 Å². The van der Waals surface area contributed by atoms with Crippen LogP contribution in [0.15, 0.2) is 140 Å². The van der Waals surface area contributed by atoms with Gasteiger partial charge in [-0.1, -0.05) is 148 Å². The Hall–Kier alpha value is -5.25. The normalized spacial score (nSPS) is 16.3. The molecule has 4 atom stereocenters. The molecule has 2 amide bonds. The Labute approximate surface area is 374 Å². The summed E-state index contributed by atoms with van der Waals surface area (Å²) in [5.41, 5.74) is 4.72. The zero-order valence-corrected chi connectivity index (χ0v) is 38.4. The summed E-state index contributed by atoms with van der Waals surface area (Å²) in [6, 6.07) is 47.2. The summed E-state index contributed by atoms with van der Waals surface area (Å²) in [7, 11) is 0. The molecular formula is C53H65N3O5S.